The maximum atomic E-state index is 17.4. The first kappa shape index (κ1) is 33.3. The summed E-state index contributed by atoms with van der Waals surface area (Å²) in [6, 6.07) is 2.11. The molecule has 0 saturated carbocycles. The Morgan fingerprint density at radius 3 is 2.60 bits per heavy atom. The van der Waals surface area contributed by atoms with Gasteiger partial charge in [-0.2, -0.15) is 15.2 Å². The van der Waals surface area contributed by atoms with Crippen LogP contribution < -0.4 is 15.4 Å². The molecule has 3 aromatic heterocycles. The molecule has 4 aliphatic rings. The Labute approximate surface area is 291 Å². The Balaban J connectivity index is 1.29. The molecule has 50 heavy (non-hydrogen) atoms. The average Bonchev–Trinajstić information content (AvgIpc) is 3.84. The smallest absolute Gasteiger partial charge is 0.319 e. The lowest BCUT2D eigenvalue weighted by Crippen LogP contribution is -2.55. The number of rotatable bonds is 9. The normalized spacial score (nSPS) is 24.4. The number of hydrogen-bond acceptors (Lipinski definition) is 12. The van der Waals surface area contributed by atoms with E-state index < -0.39 is 17.8 Å². The summed E-state index contributed by atoms with van der Waals surface area (Å²) in [6.45, 7) is 7.88. The average molecular weight is 709 g/mol. The van der Waals surface area contributed by atoms with E-state index in [4.69, 9.17) is 24.9 Å². The van der Waals surface area contributed by atoms with Crippen LogP contribution in [0.5, 0.6) is 6.01 Å². The number of hydrogen-bond donors (Lipinski definition) is 1. The van der Waals surface area contributed by atoms with Gasteiger partial charge in [-0.15, -0.1) is 11.3 Å². The third-order valence-electron chi connectivity index (χ3n) is 10.6. The van der Waals surface area contributed by atoms with Crippen molar-refractivity contribution in [3.05, 3.63) is 34.5 Å². The fraction of sp³-hybridized carbons (Fsp3) is 0.543. The van der Waals surface area contributed by atoms with Gasteiger partial charge in [0.15, 0.2) is 11.6 Å². The van der Waals surface area contributed by atoms with E-state index in [1.807, 2.05) is 18.9 Å². The molecule has 0 aliphatic carbocycles. The summed E-state index contributed by atoms with van der Waals surface area (Å²) in [5, 5.41) is 10.8. The monoisotopic (exact) mass is 708 g/mol. The van der Waals surface area contributed by atoms with Crippen LogP contribution in [0.15, 0.2) is 6.20 Å². The number of thiophene rings is 1. The summed E-state index contributed by atoms with van der Waals surface area (Å²) in [6.07, 6.45) is 2.40. The number of nitriles is 1. The van der Waals surface area contributed by atoms with Gasteiger partial charge >= 0.3 is 6.01 Å². The quantitative estimate of drug-likeness (QED) is 0.248. The van der Waals surface area contributed by atoms with Crippen molar-refractivity contribution in [1.29, 1.82) is 5.26 Å². The number of alkyl halides is 1. The molecular formula is C35H39F3N8O3S. The van der Waals surface area contributed by atoms with Crippen LogP contribution in [-0.2, 0) is 22.7 Å². The van der Waals surface area contributed by atoms with Gasteiger partial charge in [-0.05, 0) is 51.3 Å². The van der Waals surface area contributed by atoms with Crippen LogP contribution in [0.3, 0.4) is 0 Å². The Morgan fingerprint density at radius 2 is 1.90 bits per heavy atom. The maximum absolute atomic E-state index is 17.4. The molecule has 1 aromatic carbocycles. The van der Waals surface area contributed by atoms with Crippen molar-refractivity contribution in [3.63, 3.8) is 0 Å². The zero-order valence-corrected chi connectivity index (χ0v) is 29.0. The van der Waals surface area contributed by atoms with E-state index in [-0.39, 0.29) is 87.5 Å². The molecule has 4 aromatic rings. The fourth-order valence-corrected chi connectivity index (χ4v) is 9.36. The van der Waals surface area contributed by atoms with Gasteiger partial charge in [-0.1, -0.05) is 0 Å². The van der Waals surface area contributed by atoms with Crippen LogP contribution in [0.4, 0.5) is 24.0 Å². The Bertz CT molecular complexity index is 2010. The number of ether oxygens (including phenoxy) is 3. The predicted octanol–water partition coefficient (Wildman–Crippen LogP) is 5.17. The minimum absolute atomic E-state index is 0.00609. The van der Waals surface area contributed by atoms with Crippen molar-refractivity contribution < 1.29 is 27.4 Å². The summed E-state index contributed by atoms with van der Waals surface area (Å²) < 4.78 is 64.8. The lowest BCUT2D eigenvalue weighted by molar-refractivity contribution is 0.0400. The molecule has 8 rings (SSSR count). The molecule has 3 saturated heterocycles. The van der Waals surface area contributed by atoms with Gasteiger partial charge in [0.1, 0.15) is 35.2 Å². The number of halogens is 3. The number of likely N-dealkylation sites (tertiary alicyclic amines) is 2. The van der Waals surface area contributed by atoms with Crippen molar-refractivity contribution >= 4 is 43.1 Å². The van der Waals surface area contributed by atoms with Gasteiger partial charge in [0, 0.05) is 61.9 Å². The second-order valence-corrected chi connectivity index (χ2v) is 14.9. The van der Waals surface area contributed by atoms with E-state index in [0.29, 0.717) is 36.3 Å². The van der Waals surface area contributed by atoms with Crippen LogP contribution in [0.25, 0.3) is 32.2 Å². The van der Waals surface area contributed by atoms with Crippen LogP contribution in [0.1, 0.15) is 49.8 Å². The highest BCUT2D eigenvalue weighted by molar-refractivity contribution is 7.23. The molecule has 264 valence electrons. The molecule has 7 heterocycles. The molecule has 11 nitrogen and oxygen atoms in total. The summed E-state index contributed by atoms with van der Waals surface area (Å²) in [5.74, 6) is -0.751. The highest BCUT2D eigenvalue weighted by atomic mass is 32.1. The molecule has 15 heteroatoms. The fourth-order valence-electron chi connectivity index (χ4n) is 8.44. The predicted molar refractivity (Wildman–Crippen MR) is 184 cm³/mol. The molecule has 2 bridgehead atoms. The molecule has 0 radical (unpaired) electrons. The number of fused-ring (bicyclic) bond motifs is 6. The molecule has 3 unspecified atom stereocenters. The Kier molecular flexibility index (Phi) is 8.71. The first-order chi connectivity index (χ1) is 24.2. The first-order valence-electron chi connectivity index (χ1n) is 17.2. The molecule has 3 fully saturated rings. The number of pyridine rings is 1. The lowest BCUT2D eigenvalue weighted by atomic mass is 9.93. The van der Waals surface area contributed by atoms with Gasteiger partial charge in [0.2, 0.25) is 0 Å². The molecular weight excluding hydrogens is 669 g/mol. The van der Waals surface area contributed by atoms with Gasteiger partial charge in [0.05, 0.1) is 46.9 Å². The lowest BCUT2D eigenvalue weighted by Gasteiger charge is -2.43. The SMILES string of the molecule is CCOC(C)CN1CC2CCC(C1)N2c1nc(OC[C@@H]2C[C@@H](F)CN2C)nc2c(F)c(-c3ncc(F)c4sc(N)c(C#N)c34)c3c(c12)COC3. The van der Waals surface area contributed by atoms with Gasteiger partial charge in [-0.3, -0.25) is 14.8 Å². The summed E-state index contributed by atoms with van der Waals surface area (Å²) in [7, 11) is 1.85. The number of nitrogen functional groups attached to an aromatic ring is 1. The van der Waals surface area contributed by atoms with E-state index in [9.17, 15) is 9.65 Å². The van der Waals surface area contributed by atoms with Crippen molar-refractivity contribution in [2.45, 2.75) is 76.7 Å². The second-order valence-electron chi connectivity index (χ2n) is 13.8. The van der Waals surface area contributed by atoms with E-state index >= 15 is 8.78 Å². The topological polar surface area (TPSA) is 126 Å². The largest absolute Gasteiger partial charge is 0.462 e. The Morgan fingerprint density at radius 1 is 1.14 bits per heavy atom. The number of anilines is 2. The number of aromatic nitrogens is 3. The zero-order valence-electron chi connectivity index (χ0n) is 28.2. The van der Waals surface area contributed by atoms with Gasteiger partial charge < -0.3 is 24.8 Å². The molecule has 4 aliphatic heterocycles. The van der Waals surface area contributed by atoms with Gasteiger partial charge in [0.25, 0.3) is 0 Å². The van der Waals surface area contributed by atoms with Crippen molar-refractivity contribution in [1.82, 2.24) is 24.8 Å². The van der Waals surface area contributed by atoms with Crippen molar-refractivity contribution in [2.24, 2.45) is 0 Å². The molecule has 0 amide bonds. The minimum Gasteiger partial charge on any atom is -0.462 e. The first-order valence-corrected chi connectivity index (χ1v) is 18.0. The van der Waals surface area contributed by atoms with Crippen molar-refractivity contribution in [2.75, 3.05) is 57.1 Å². The summed E-state index contributed by atoms with van der Waals surface area (Å²) >= 11 is 0.930. The summed E-state index contributed by atoms with van der Waals surface area (Å²) in [5.41, 5.74) is 7.68. The summed E-state index contributed by atoms with van der Waals surface area (Å²) in [4.78, 5) is 20.7. The molecule has 0 spiro atoms. The number of nitrogens with two attached hydrogens (primary N) is 1. The second kappa shape index (κ2) is 13.1. The number of benzene rings is 1. The van der Waals surface area contributed by atoms with Gasteiger partial charge in [-0.25, -0.2) is 13.2 Å². The van der Waals surface area contributed by atoms with E-state index in [1.165, 1.54) is 0 Å². The van der Waals surface area contributed by atoms with Crippen molar-refractivity contribution in [3.8, 4) is 23.3 Å². The molecule has 5 atom stereocenters. The third kappa shape index (κ3) is 5.52. The maximum Gasteiger partial charge on any atom is 0.319 e. The number of nitrogens with zero attached hydrogens (tertiary/aromatic N) is 7. The third-order valence-corrected chi connectivity index (χ3v) is 11.6. The van der Waals surface area contributed by atoms with Crippen LogP contribution in [0.2, 0.25) is 0 Å². The number of likely N-dealkylation sites (N-methyl/N-ethyl adjacent to an activating group) is 1. The Hall–Kier alpha value is -3.81. The highest BCUT2D eigenvalue weighted by Crippen LogP contribution is 2.48. The van der Waals surface area contributed by atoms with E-state index in [1.54, 1.807) is 0 Å². The van der Waals surface area contributed by atoms with Crippen LogP contribution in [0, 0.1) is 23.0 Å². The van der Waals surface area contributed by atoms with E-state index in [2.05, 4.69) is 32.8 Å². The van der Waals surface area contributed by atoms with Crippen LogP contribution in [-0.4, -0.2) is 102 Å². The standard InChI is InChI=1S/C35H39F3N8O3S/c1-4-48-17(2)10-45-12-19-5-6-20(13-45)46(19)34-28-24-16-47-15-23(24)26(30-27-22(8-39)33(40)50-32(27)25(37)9-41-30)29(38)31(28)42-35(43-34)49-14-21-7-18(36)11-44(21)3/h9,17-21H,4-7,10-16,40H2,1-3H3/t17?,18-,19?,20?,21+/m1/s1. The highest BCUT2D eigenvalue weighted by Gasteiger charge is 2.43. The minimum atomic E-state index is -0.953. The number of piperazine rings is 1. The molecule has 2 N–H and O–H groups in total. The van der Waals surface area contributed by atoms with E-state index in [0.717, 1.165) is 55.6 Å². The van der Waals surface area contributed by atoms with Crippen LogP contribution >= 0.6 is 11.3 Å². The zero-order chi connectivity index (χ0) is 34.8.